The molecule has 1 aliphatic heterocycles. The summed E-state index contributed by atoms with van der Waals surface area (Å²) in [4.78, 5) is 17.0. The van der Waals surface area contributed by atoms with Gasteiger partial charge >= 0.3 is 5.97 Å². The molecule has 0 aliphatic carbocycles. The van der Waals surface area contributed by atoms with Gasteiger partial charge in [0.1, 0.15) is 14.7 Å². The Morgan fingerprint density at radius 2 is 2.11 bits per heavy atom. The molecule has 1 saturated heterocycles. The van der Waals surface area contributed by atoms with Crippen molar-refractivity contribution in [1.82, 2.24) is 4.98 Å². The van der Waals surface area contributed by atoms with Crippen LogP contribution in [0.2, 0.25) is 0 Å². The number of anilines is 1. The maximum Gasteiger partial charge on any atom is 0.347 e. The van der Waals surface area contributed by atoms with Crippen molar-refractivity contribution in [1.29, 1.82) is 0 Å². The largest absolute Gasteiger partial charge is 0.477 e. The summed E-state index contributed by atoms with van der Waals surface area (Å²) in [7, 11) is -2.98. The molecule has 2 heterocycles. The van der Waals surface area contributed by atoms with Crippen LogP contribution in [-0.2, 0) is 9.84 Å². The van der Waals surface area contributed by atoms with E-state index in [1.807, 2.05) is 4.90 Å². The summed E-state index contributed by atoms with van der Waals surface area (Å²) in [5.41, 5.74) is 0. The molecule has 8 heteroatoms. The van der Waals surface area contributed by atoms with E-state index in [1.165, 1.54) is 12.5 Å². The molecule has 100 valence electrons. The Hall–Kier alpha value is -1.15. The molecule has 1 aromatic heterocycles. The van der Waals surface area contributed by atoms with Crippen molar-refractivity contribution in [2.75, 3.05) is 24.2 Å². The quantitative estimate of drug-likeness (QED) is 0.888. The highest BCUT2D eigenvalue weighted by atomic mass is 32.2. The van der Waals surface area contributed by atoms with Crippen LogP contribution in [0.4, 0.5) is 5.13 Å². The normalized spacial score (nSPS) is 17.9. The highest BCUT2D eigenvalue weighted by molar-refractivity contribution is 7.91. The third-order valence-corrected chi connectivity index (χ3v) is 5.75. The zero-order chi connectivity index (χ0) is 13.3. The summed E-state index contributed by atoms with van der Waals surface area (Å²) in [5.74, 6) is -0.982. The van der Waals surface area contributed by atoms with E-state index >= 15 is 0 Å². The average molecular weight is 290 g/mol. The van der Waals surface area contributed by atoms with Crippen molar-refractivity contribution < 1.29 is 18.3 Å². The summed E-state index contributed by atoms with van der Waals surface area (Å²) >= 11 is 1.12. The molecule has 0 radical (unpaired) electrons. The number of carboxylic acids is 1. The Bertz CT molecular complexity index is 544. The van der Waals surface area contributed by atoms with Gasteiger partial charge in [0, 0.05) is 19.3 Å². The highest BCUT2D eigenvalue weighted by Crippen LogP contribution is 2.27. The van der Waals surface area contributed by atoms with E-state index in [0.717, 1.165) is 11.3 Å². The molecule has 0 aromatic carbocycles. The third-order valence-electron chi connectivity index (χ3n) is 3.02. The van der Waals surface area contributed by atoms with E-state index in [2.05, 4.69) is 4.98 Å². The Morgan fingerprint density at radius 3 is 2.56 bits per heavy atom. The van der Waals surface area contributed by atoms with Crippen LogP contribution in [-0.4, -0.2) is 49.1 Å². The zero-order valence-corrected chi connectivity index (χ0v) is 11.5. The summed E-state index contributed by atoms with van der Waals surface area (Å²) in [6, 6.07) is 0. The van der Waals surface area contributed by atoms with Crippen LogP contribution in [0.25, 0.3) is 0 Å². The number of thiazole rings is 1. The van der Waals surface area contributed by atoms with Crippen molar-refractivity contribution in [3.63, 3.8) is 0 Å². The molecule has 6 nitrogen and oxygen atoms in total. The fourth-order valence-electron chi connectivity index (χ4n) is 1.99. The average Bonchev–Trinajstić information content (AvgIpc) is 2.77. The lowest BCUT2D eigenvalue weighted by atomic mass is 10.1. The SMILES string of the molecule is CS(=O)(=O)C1CCN(c2ncc(C(=O)O)s2)CC1. The van der Waals surface area contributed by atoms with E-state index in [0.29, 0.717) is 31.1 Å². The molecule has 0 bridgehead atoms. The van der Waals surface area contributed by atoms with Crippen LogP contribution < -0.4 is 4.90 Å². The molecule has 1 fully saturated rings. The van der Waals surface area contributed by atoms with Crippen LogP contribution in [0.1, 0.15) is 22.5 Å². The van der Waals surface area contributed by atoms with Gasteiger partial charge in [-0.1, -0.05) is 11.3 Å². The van der Waals surface area contributed by atoms with Gasteiger partial charge in [-0.05, 0) is 12.8 Å². The van der Waals surface area contributed by atoms with Gasteiger partial charge in [-0.2, -0.15) is 0 Å². The first-order chi connectivity index (χ1) is 8.38. The van der Waals surface area contributed by atoms with Crippen LogP contribution in [0, 0.1) is 0 Å². The Labute approximate surface area is 109 Å². The van der Waals surface area contributed by atoms with Gasteiger partial charge in [-0.25, -0.2) is 18.2 Å². The lowest BCUT2D eigenvalue weighted by molar-refractivity contribution is 0.0702. The van der Waals surface area contributed by atoms with Gasteiger partial charge in [0.25, 0.3) is 0 Å². The Kier molecular flexibility index (Phi) is 3.58. The second kappa shape index (κ2) is 4.85. The van der Waals surface area contributed by atoms with E-state index in [4.69, 9.17) is 5.11 Å². The monoisotopic (exact) mass is 290 g/mol. The summed E-state index contributed by atoms with van der Waals surface area (Å²) in [6.45, 7) is 1.20. The van der Waals surface area contributed by atoms with E-state index in [1.54, 1.807) is 0 Å². The van der Waals surface area contributed by atoms with E-state index in [9.17, 15) is 13.2 Å². The molecule has 0 spiro atoms. The number of carboxylic acid groups (broad SMARTS) is 1. The zero-order valence-electron chi connectivity index (χ0n) is 9.87. The first kappa shape index (κ1) is 13.3. The predicted octanol–water partition coefficient (Wildman–Crippen LogP) is 0.855. The van der Waals surface area contributed by atoms with Crippen LogP contribution in [0.5, 0.6) is 0 Å². The Morgan fingerprint density at radius 1 is 1.50 bits per heavy atom. The predicted molar refractivity (Wildman–Crippen MR) is 69.2 cm³/mol. The number of piperidine rings is 1. The number of aromatic carboxylic acids is 1. The molecule has 2 rings (SSSR count). The number of aromatic nitrogens is 1. The summed E-state index contributed by atoms with van der Waals surface area (Å²) < 4.78 is 22.8. The third kappa shape index (κ3) is 2.81. The molecule has 18 heavy (non-hydrogen) atoms. The minimum atomic E-state index is -2.98. The first-order valence-corrected chi connectivity index (χ1v) is 8.28. The number of hydrogen-bond acceptors (Lipinski definition) is 6. The number of rotatable bonds is 3. The van der Waals surface area contributed by atoms with Crippen molar-refractivity contribution in [2.45, 2.75) is 18.1 Å². The molecule has 1 N–H and O–H groups in total. The lowest BCUT2D eigenvalue weighted by Gasteiger charge is -2.30. The van der Waals surface area contributed by atoms with E-state index < -0.39 is 15.8 Å². The lowest BCUT2D eigenvalue weighted by Crippen LogP contribution is -2.38. The smallest absolute Gasteiger partial charge is 0.347 e. The second-order valence-electron chi connectivity index (χ2n) is 4.33. The topological polar surface area (TPSA) is 87.6 Å². The van der Waals surface area contributed by atoms with Gasteiger partial charge in [-0.3, -0.25) is 0 Å². The summed E-state index contributed by atoms with van der Waals surface area (Å²) in [5, 5.41) is 9.19. The van der Waals surface area contributed by atoms with Crippen LogP contribution in [0.15, 0.2) is 6.20 Å². The first-order valence-electron chi connectivity index (χ1n) is 5.51. The van der Waals surface area contributed by atoms with Crippen molar-refractivity contribution in [3.8, 4) is 0 Å². The molecule has 0 saturated carbocycles. The van der Waals surface area contributed by atoms with Crippen molar-refractivity contribution >= 4 is 32.3 Å². The second-order valence-corrected chi connectivity index (χ2v) is 7.66. The van der Waals surface area contributed by atoms with E-state index in [-0.39, 0.29) is 10.1 Å². The maximum absolute atomic E-state index is 11.4. The van der Waals surface area contributed by atoms with Crippen molar-refractivity contribution in [2.24, 2.45) is 0 Å². The highest BCUT2D eigenvalue weighted by Gasteiger charge is 2.27. The molecule has 0 unspecified atom stereocenters. The number of carbonyl (C=O) groups is 1. The molecule has 1 aromatic rings. The number of sulfone groups is 1. The van der Waals surface area contributed by atoms with Crippen LogP contribution in [0.3, 0.4) is 0 Å². The molecular formula is C10H14N2O4S2. The van der Waals surface area contributed by atoms with Gasteiger partial charge in [0.2, 0.25) is 0 Å². The van der Waals surface area contributed by atoms with Crippen LogP contribution >= 0.6 is 11.3 Å². The maximum atomic E-state index is 11.4. The number of nitrogens with zero attached hydrogens (tertiary/aromatic N) is 2. The van der Waals surface area contributed by atoms with Gasteiger partial charge < -0.3 is 10.0 Å². The minimum absolute atomic E-state index is 0.204. The van der Waals surface area contributed by atoms with Gasteiger partial charge in [0.15, 0.2) is 5.13 Å². The molecule has 0 amide bonds. The molecular weight excluding hydrogens is 276 g/mol. The fourth-order valence-corrected chi connectivity index (χ4v) is 3.86. The standard InChI is InChI=1S/C10H14N2O4S2/c1-18(15,16)7-2-4-12(5-3-7)10-11-6-8(17-10)9(13)14/h6-7H,2-5H2,1H3,(H,13,14). The molecule has 1 aliphatic rings. The van der Waals surface area contributed by atoms with Crippen molar-refractivity contribution in [3.05, 3.63) is 11.1 Å². The molecule has 0 atom stereocenters. The number of hydrogen-bond donors (Lipinski definition) is 1. The Balaban J connectivity index is 2.03. The fraction of sp³-hybridized carbons (Fsp3) is 0.600. The minimum Gasteiger partial charge on any atom is -0.477 e. The van der Waals surface area contributed by atoms with Gasteiger partial charge in [0.05, 0.1) is 11.4 Å². The van der Waals surface area contributed by atoms with Gasteiger partial charge in [-0.15, -0.1) is 0 Å². The summed E-state index contributed by atoms with van der Waals surface area (Å²) in [6.07, 6.45) is 3.74.